The highest BCUT2D eigenvalue weighted by molar-refractivity contribution is 6.19. The van der Waals surface area contributed by atoms with Crippen LogP contribution in [0.15, 0.2) is 41.0 Å². The van der Waals surface area contributed by atoms with Crippen LogP contribution in [0.3, 0.4) is 0 Å². The van der Waals surface area contributed by atoms with Gasteiger partial charge in [-0.1, -0.05) is 31.5 Å². The second-order valence-corrected chi connectivity index (χ2v) is 4.95. The number of nitriles is 3. The molecule has 0 aromatic heterocycles. The van der Waals surface area contributed by atoms with Gasteiger partial charge in [0.15, 0.2) is 5.78 Å². The summed E-state index contributed by atoms with van der Waals surface area (Å²) in [6, 6.07) is 10.3. The number of hydrogen-bond donors (Lipinski definition) is 1. The van der Waals surface area contributed by atoms with Gasteiger partial charge in [-0.15, -0.1) is 0 Å². The van der Waals surface area contributed by atoms with Gasteiger partial charge in [0.1, 0.15) is 29.4 Å². The first kappa shape index (κ1) is 20.1. The predicted molar refractivity (Wildman–Crippen MR) is 91.1 cm³/mol. The molecule has 0 aliphatic rings. The highest BCUT2D eigenvalue weighted by atomic mass is 16.5. The predicted octanol–water partition coefficient (Wildman–Crippen LogP) is 2.87. The van der Waals surface area contributed by atoms with Crippen molar-refractivity contribution in [1.82, 2.24) is 0 Å². The molecule has 0 aliphatic carbocycles. The van der Waals surface area contributed by atoms with Crippen molar-refractivity contribution in [2.75, 3.05) is 6.61 Å². The van der Waals surface area contributed by atoms with Gasteiger partial charge in [-0.2, -0.15) is 15.8 Å². The Morgan fingerprint density at radius 1 is 1.08 bits per heavy atom. The topological polar surface area (TPSA) is 139 Å². The van der Waals surface area contributed by atoms with Crippen molar-refractivity contribution >= 4 is 17.6 Å². The lowest BCUT2D eigenvalue weighted by molar-refractivity contribution is 0.0497. The summed E-state index contributed by atoms with van der Waals surface area (Å²) in [7, 11) is 0. The molecule has 1 N–H and O–H groups in total. The van der Waals surface area contributed by atoms with Crippen molar-refractivity contribution in [3.63, 3.8) is 0 Å². The molecule has 0 saturated heterocycles. The minimum absolute atomic E-state index is 0.0522. The SMILES string of the molecule is CCCCOC(=O)c1ccccc1C(=O)C(C(=C=N)C#N)=C(C#N)C#N. The van der Waals surface area contributed by atoms with Crippen molar-refractivity contribution in [2.24, 2.45) is 0 Å². The van der Waals surface area contributed by atoms with Crippen LogP contribution in [-0.2, 0) is 4.74 Å². The number of ketones is 1. The zero-order valence-corrected chi connectivity index (χ0v) is 14.0. The zero-order valence-electron chi connectivity index (χ0n) is 14.0. The number of carbonyl (C=O) groups is 2. The summed E-state index contributed by atoms with van der Waals surface area (Å²) in [5, 5.41) is 34.4. The van der Waals surface area contributed by atoms with E-state index in [-0.39, 0.29) is 17.7 Å². The molecule has 128 valence electrons. The van der Waals surface area contributed by atoms with Gasteiger partial charge in [-0.05, 0) is 18.4 Å². The molecule has 7 nitrogen and oxygen atoms in total. The minimum Gasteiger partial charge on any atom is -0.462 e. The number of ether oxygens (including phenoxy) is 1. The Bertz CT molecular complexity index is 917. The van der Waals surface area contributed by atoms with Crippen molar-refractivity contribution in [2.45, 2.75) is 19.8 Å². The number of rotatable bonds is 7. The fourth-order valence-corrected chi connectivity index (χ4v) is 2.02. The molecule has 26 heavy (non-hydrogen) atoms. The van der Waals surface area contributed by atoms with E-state index in [1.807, 2.05) is 6.92 Å². The third kappa shape index (κ3) is 4.52. The average molecular weight is 346 g/mol. The van der Waals surface area contributed by atoms with Crippen LogP contribution in [0.1, 0.15) is 40.5 Å². The van der Waals surface area contributed by atoms with Gasteiger partial charge in [0.25, 0.3) is 0 Å². The molecule has 1 aromatic rings. The summed E-state index contributed by atoms with van der Waals surface area (Å²) in [5.74, 6) is 0.123. The van der Waals surface area contributed by atoms with Gasteiger partial charge in [0, 0.05) is 5.56 Å². The van der Waals surface area contributed by atoms with E-state index in [0.29, 0.717) is 6.42 Å². The Morgan fingerprint density at radius 3 is 2.19 bits per heavy atom. The third-order valence-corrected chi connectivity index (χ3v) is 3.31. The molecule has 0 spiro atoms. The lowest BCUT2D eigenvalue weighted by Crippen LogP contribution is -2.15. The summed E-state index contributed by atoms with van der Waals surface area (Å²) in [6.07, 6.45) is 1.49. The summed E-state index contributed by atoms with van der Waals surface area (Å²) in [4.78, 5) is 25.1. The zero-order chi connectivity index (χ0) is 19.5. The monoisotopic (exact) mass is 346 g/mol. The van der Waals surface area contributed by atoms with Crippen LogP contribution < -0.4 is 0 Å². The van der Waals surface area contributed by atoms with Gasteiger partial charge in [0.2, 0.25) is 0 Å². The van der Waals surface area contributed by atoms with Crippen molar-refractivity contribution in [3.05, 3.63) is 52.1 Å². The van der Waals surface area contributed by atoms with E-state index in [1.165, 1.54) is 36.4 Å². The molecule has 0 radical (unpaired) electrons. The number of carbonyl (C=O) groups excluding carboxylic acids is 2. The molecule has 0 heterocycles. The maximum Gasteiger partial charge on any atom is 0.338 e. The third-order valence-electron chi connectivity index (χ3n) is 3.31. The van der Waals surface area contributed by atoms with E-state index in [1.54, 1.807) is 11.9 Å². The van der Waals surface area contributed by atoms with Crippen molar-refractivity contribution in [1.29, 1.82) is 21.2 Å². The number of hydrogen-bond acceptors (Lipinski definition) is 7. The van der Waals surface area contributed by atoms with Gasteiger partial charge >= 0.3 is 5.97 Å². The molecule has 0 aliphatic heterocycles. The van der Waals surface area contributed by atoms with Crippen LogP contribution >= 0.6 is 0 Å². The van der Waals surface area contributed by atoms with Gasteiger partial charge < -0.3 is 4.74 Å². The molecule has 0 bridgehead atoms. The van der Waals surface area contributed by atoms with Gasteiger partial charge in [0.05, 0.1) is 17.7 Å². The van der Waals surface area contributed by atoms with Gasteiger partial charge in [-0.3, -0.25) is 10.2 Å². The second kappa shape index (κ2) is 10.0. The second-order valence-electron chi connectivity index (χ2n) is 4.95. The van der Waals surface area contributed by atoms with E-state index in [0.717, 1.165) is 6.42 Å². The molecule has 0 saturated carbocycles. The van der Waals surface area contributed by atoms with E-state index in [9.17, 15) is 9.59 Å². The highest BCUT2D eigenvalue weighted by Crippen LogP contribution is 2.21. The summed E-state index contributed by atoms with van der Waals surface area (Å²) >= 11 is 0. The number of allylic oxidation sites excluding steroid dienone is 3. The van der Waals surface area contributed by atoms with Crippen LogP contribution in [0.2, 0.25) is 0 Å². The highest BCUT2D eigenvalue weighted by Gasteiger charge is 2.26. The number of esters is 1. The molecule has 0 amide bonds. The van der Waals surface area contributed by atoms with Crippen LogP contribution in [0.5, 0.6) is 0 Å². The van der Waals surface area contributed by atoms with Crippen LogP contribution in [0.4, 0.5) is 0 Å². The minimum atomic E-state index is -0.901. The number of nitrogens with zero attached hydrogens (tertiary/aromatic N) is 3. The average Bonchev–Trinajstić information content (AvgIpc) is 2.68. The Balaban J connectivity index is 3.49. The smallest absolute Gasteiger partial charge is 0.338 e. The maximum atomic E-state index is 12.9. The van der Waals surface area contributed by atoms with Crippen LogP contribution in [-0.4, -0.2) is 24.2 Å². The summed E-state index contributed by atoms with van der Waals surface area (Å²) in [6.45, 7) is 2.12. The summed E-state index contributed by atoms with van der Waals surface area (Å²) in [5.41, 5.74) is -1.96. The number of unbranched alkanes of at least 4 members (excludes halogenated alkanes) is 1. The van der Waals surface area contributed by atoms with Crippen LogP contribution in [0.25, 0.3) is 0 Å². The number of benzene rings is 1. The fourth-order valence-electron chi connectivity index (χ4n) is 2.02. The molecule has 0 atom stereocenters. The normalized spacial score (nSPS) is 8.85. The van der Waals surface area contributed by atoms with E-state index in [4.69, 9.17) is 25.9 Å². The molecule has 0 unspecified atom stereocenters. The number of nitrogens with one attached hydrogen (secondary N) is 1. The lowest BCUT2D eigenvalue weighted by Gasteiger charge is -2.10. The molecular weight excluding hydrogens is 332 g/mol. The molecular formula is C19H14N4O3. The largest absolute Gasteiger partial charge is 0.462 e. The summed E-state index contributed by atoms with van der Waals surface area (Å²) < 4.78 is 5.10. The van der Waals surface area contributed by atoms with E-state index < -0.39 is 28.5 Å². The first-order valence-corrected chi connectivity index (χ1v) is 7.61. The molecule has 1 rings (SSSR count). The van der Waals surface area contributed by atoms with E-state index in [2.05, 4.69) is 0 Å². The maximum absolute atomic E-state index is 12.9. The van der Waals surface area contributed by atoms with Crippen molar-refractivity contribution < 1.29 is 14.3 Å². The van der Waals surface area contributed by atoms with Crippen molar-refractivity contribution in [3.8, 4) is 18.2 Å². The standard InChI is InChI=1S/C19H14N4O3/c1-2-3-8-26-19(25)16-7-5-4-6-15(16)18(24)17(13(9-20)10-21)14(11-22)12-23/h4-7,20H,2-3,8H2,1H3. The molecule has 0 fully saturated rings. The first-order chi connectivity index (χ1) is 12.5. The Morgan fingerprint density at radius 2 is 1.69 bits per heavy atom. The number of Topliss-reactive ketones (excluding diaryl/α,β-unsaturated/α-hetero) is 1. The van der Waals surface area contributed by atoms with Crippen LogP contribution in [0, 0.1) is 39.4 Å². The Labute approximate surface area is 150 Å². The first-order valence-electron chi connectivity index (χ1n) is 7.61. The quantitative estimate of drug-likeness (QED) is 0.153. The molecule has 7 heteroatoms. The Kier molecular flexibility index (Phi) is 7.72. The fraction of sp³-hybridized carbons (Fsp3) is 0.211. The Hall–Kier alpha value is -3.98. The van der Waals surface area contributed by atoms with E-state index >= 15 is 0 Å². The molecule has 1 aromatic carbocycles. The lowest BCUT2D eigenvalue weighted by atomic mass is 9.91. The van der Waals surface area contributed by atoms with Gasteiger partial charge in [-0.25, -0.2) is 4.79 Å².